The van der Waals surface area contributed by atoms with Crippen molar-refractivity contribution in [1.82, 2.24) is 5.32 Å². The molecule has 3 atom stereocenters. The van der Waals surface area contributed by atoms with Crippen LogP contribution >= 0.6 is 0 Å². The first kappa shape index (κ1) is 30.6. The standard InChI is InChI=1S/C28H25F6NO5/c1-38-25(27(29,30)31,20-14-8-4-9-15-20)23(36)35-18-22(19-12-6-3-7-13-19)40-24(37)26(39-2,28(32,33)34)21-16-10-5-11-17-21/h3-17,22H,18H2,1-2H3,(H,35,36)/t22-,25-,26+/m0/s1. The molecule has 0 aliphatic rings. The van der Waals surface area contributed by atoms with Crippen molar-refractivity contribution in [2.45, 2.75) is 29.7 Å². The second-order valence-corrected chi connectivity index (χ2v) is 8.51. The van der Waals surface area contributed by atoms with Gasteiger partial charge in [0, 0.05) is 25.3 Å². The lowest BCUT2D eigenvalue weighted by Crippen LogP contribution is -2.56. The Bertz CT molecular complexity index is 1270. The van der Waals surface area contributed by atoms with Crippen LogP contribution < -0.4 is 5.32 Å². The molecule has 1 amide bonds. The summed E-state index contributed by atoms with van der Waals surface area (Å²) in [6.45, 7) is -0.824. The lowest BCUT2D eigenvalue weighted by atomic mass is 9.91. The summed E-state index contributed by atoms with van der Waals surface area (Å²) in [5, 5.41) is 2.05. The summed E-state index contributed by atoms with van der Waals surface area (Å²) >= 11 is 0. The normalized spacial score (nSPS) is 15.8. The van der Waals surface area contributed by atoms with Gasteiger partial charge in [-0.15, -0.1) is 0 Å². The van der Waals surface area contributed by atoms with E-state index >= 15 is 0 Å². The van der Waals surface area contributed by atoms with Crippen molar-refractivity contribution in [1.29, 1.82) is 0 Å². The maximum Gasteiger partial charge on any atom is 0.432 e. The Morgan fingerprint density at radius 1 is 0.675 bits per heavy atom. The Balaban J connectivity index is 1.99. The first-order chi connectivity index (χ1) is 18.8. The number of methoxy groups -OCH3 is 2. The second-order valence-electron chi connectivity index (χ2n) is 8.51. The molecular weight excluding hydrogens is 544 g/mol. The fourth-order valence-corrected chi connectivity index (χ4v) is 4.23. The van der Waals surface area contributed by atoms with Gasteiger partial charge < -0.3 is 19.5 Å². The summed E-state index contributed by atoms with van der Waals surface area (Å²) in [7, 11) is 1.38. The van der Waals surface area contributed by atoms with Crippen molar-refractivity contribution < 1.29 is 50.1 Å². The molecule has 0 aliphatic heterocycles. The molecule has 0 aliphatic carbocycles. The molecule has 1 N–H and O–H groups in total. The lowest BCUT2D eigenvalue weighted by Gasteiger charge is -2.35. The first-order valence-electron chi connectivity index (χ1n) is 11.7. The number of carbonyl (C=O) groups is 2. The van der Waals surface area contributed by atoms with Crippen LogP contribution in [0.15, 0.2) is 91.0 Å². The average Bonchev–Trinajstić information content (AvgIpc) is 2.92. The van der Waals surface area contributed by atoms with Gasteiger partial charge in [0.15, 0.2) is 0 Å². The van der Waals surface area contributed by atoms with Gasteiger partial charge in [0.2, 0.25) is 0 Å². The van der Waals surface area contributed by atoms with Crippen LogP contribution in [-0.4, -0.2) is 45.0 Å². The Labute approximate surface area is 225 Å². The van der Waals surface area contributed by atoms with Crippen LogP contribution in [0.5, 0.6) is 0 Å². The van der Waals surface area contributed by atoms with Gasteiger partial charge >= 0.3 is 18.3 Å². The van der Waals surface area contributed by atoms with Crippen LogP contribution in [0.2, 0.25) is 0 Å². The zero-order valence-electron chi connectivity index (χ0n) is 21.3. The van der Waals surface area contributed by atoms with Crippen molar-refractivity contribution in [3.05, 3.63) is 108 Å². The van der Waals surface area contributed by atoms with E-state index in [0.717, 1.165) is 24.3 Å². The van der Waals surface area contributed by atoms with Gasteiger partial charge in [-0.05, 0) is 5.56 Å². The molecule has 12 heteroatoms. The summed E-state index contributed by atoms with van der Waals surface area (Å²) in [6, 6.07) is 19.4. The highest BCUT2D eigenvalue weighted by Gasteiger charge is 2.65. The third-order valence-electron chi connectivity index (χ3n) is 6.25. The number of ether oxygens (including phenoxy) is 3. The third kappa shape index (κ3) is 5.68. The Hall–Kier alpha value is -3.90. The van der Waals surface area contributed by atoms with Crippen LogP contribution in [0.1, 0.15) is 22.8 Å². The number of alkyl halides is 6. The van der Waals surface area contributed by atoms with E-state index in [1.807, 2.05) is 5.32 Å². The van der Waals surface area contributed by atoms with Crippen LogP contribution in [0, 0.1) is 0 Å². The van der Waals surface area contributed by atoms with Gasteiger partial charge in [0.25, 0.3) is 17.1 Å². The predicted molar refractivity (Wildman–Crippen MR) is 131 cm³/mol. The minimum Gasteiger partial charge on any atom is -0.453 e. The van der Waals surface area contributed by atoms with E-state index in [4.69, 9.17) is 14.2 Å². The largest absolute Gasteiger partial charge is 0.453 e. The summed E-state index contributed by atoms with van der Waals surface area (Å²) in [4.78, 5) is 26.3. The smallest absolute Gasteiger partial charge is 0.432 e. The Morgan fingerprint density at radius 3 is 1.48 bits per heavy atom. The highest BCUT2D eigenvalue weighted by molar-refractivity contribution is 5.88. The van der Waals surface area contributed by atoms with Crippen molar-refractivity contribution in [3.8, 4) is 0 Å². The number of hydrogen-bond acceptors (Lipinski definition) is 5. The topological polar surface area (TPSA) is 73.9 Å². The average molecular weight is 569 g/mol. The highest BCUT2D eigenvalue weighted by atomic mass is 19.4. The molecule has 40 heavy (non-hydrogen) atoms. The highest BCUT2D eigenvalue weighted by Crippen LogP contribution is 2.44. The predicted octanol–water partition coefficient (Wildman–Crippen LogP) is 5.60. The molecule has 0 unspecified atom stereocenters. The van der Waals surface area contributed by atoms with E-state index < -0.39 is 59.2 Å². The molecule has 0 heterocycles. The number of benzene rings is 3. The van der Waals surface area contributed by atoms with E-state index in [9.17, 15) is 35.9 Å². The van der Waals surface area contributed by atoms with E-state index in [0.29, 0.717) is 14.2 Å². The molecule has 0 bridgehead atoms. The maximum atomic E-state index is 14.4. The first-order valence-corrected chi connectivity index (χ1v) is 11.7. The van der Waals surface area contributed by atoms with Crippen molar-refractivity contribution >= 4 is 11.9 Å². The van der Waals surface area contributed by atoms with Gasteiger partial charge in [-0.3, -0.25) is 4.79 Å². The molecule has 0 radical (unpaired) electrons. The van der Waals surface area contributed by atoms with Crippen molar-refractivity contribution in [3.63, 3.8) is 0 Å². The number of nitrogens with one attached hydrogen (secondary N) is 1. The zero-order valence-corrected chi connectivity index (χ0v) is 21.3. The molecule has 3 aromatic carbocycles. The maximum absolute atomic E-state index is 14.4. The monoisotopic (exact) mass is 569 g/mol. The fraction of sp³-hybridized carbons (Fsp3) is 0.286. The van der Waals surface area contributed by atoms with Crippen LogP contribution in [0.4, 0.5) is 26.3 Å². The molecule has 214 valence electrons. The number of amides is 1. The number of halogens is 6. The van der Waals surface area contributed by atoms with Crippen LogP contribution in [0.25, 0.3) is 0 Å². The SMILES string of the molecule is CO[C@](C(=O)NC[C@H](OC(=O)[C@](OC)(c1ccccc1)C(F)(F)F)c1ccccc1)(c1ccccc1)C(F)(F)F. The molecule has 0 fully saturated rings. The van der Waals surface area contributed by atoms with E-state index in [1.54, 1.807) is 6.07 Å². The van der Waals surface area contributed by atoms with Crippen molar-refractivity contribution in [2.75, 3.05) is 20.8 Å². The minimum atomic E-state index is -5.29. The Morgan fingerprint density at radius 2 is 1.07 bits per heavy atom. The summed E-state index contributed by atoms with van der Waals surface area (Å²) in [5.41, 5.74) is -8.02. The van der Waals surface area contributed by atoms with Gasteiger partial charge in [0.05, 0.1) is 6.54 Å². The molecular formula is C28H25F6NO5. The molecule has 0 aromatic heterocycles. The fourth-order valence-electron chi connectivity index (χ4n) is 4.23. The van der Waals surface area contributed by atoms with Crippen molar-refractivity contribution in [2.24, 2.45) is 0 Å². The van der Waals surface area contributed by atoms with Crippen LogP contribution in [0.3, 0.4) is 0 Å². The number of carbonyl (C=O) groups excluding carboxylic acids is 2. The third-order valence-corrected chi connectivity index (χ3v) is 6.25. The van der Waals surface area contributed by atoms with Gasteiger partial charge in [-0.1, -0.05) is 91.0 Å². The Kier molecular flexibility index (Phi) is 9.26. The van der Waals surface area contributed by atoms with E-state index in [-0.39, 0.29) is 5.56 Å². The molecule has 3 aromatic rings. The summed E-state index contributed by atoms with van der Waals surface area (Å²) in [6.07, 6.45) is -12.2. The van der Waals surface area contributed by atoms with Crippen LogP contribution in [-0.2, 0) is 35.0 Å². The molecule has 0 saturated carbocycles. The van der Waals surface area contributed by atoms with Gasteiger partial charge in [0.1, 0.15) is 6.10 Å². The summed E-state index contributed by atoms with van der Waals surface area (Å²) in [5.74, 6) is -3.55. The molecule has 0 saturated heterocycles. The van der Waals surface area contributed by atoms with E-state index in [1.165, 1.54) is 60.7 Å². The summed E-state index contributed by atoms with van der Waals surface area (Å²) < 4.78 is 101. The van der Waals surface area contributed by atoms with E-state index in [2.05, 4.69) is 0 Å². The second kappa shape index (κ2) is 12.1. The molecule has 6 nitrogen and oxygen atoms in total. The minimum absolute atomic E-state index is 0.103. The number of rotatable bonds is 10. The number of esters is 1. The number of hydrogen-bond donors (Lipinski definition) is 1. The quantitative estimate of drug-likeness (QED) is 0.255. The van der Waals surface area contributed by atoms with Gasteiger partial charge in [-0.2, -0.15) is 26.3 Å². The molecule has 3 rings (SSSR count). The molecule has 0 spiro atoms. The lowest BCUT2D eigenvalue weighted by molar-refractivity contribution is -0.278. The zero-order chi connectivity index (χ0) is 29.6. The van der Waals surface area contributed by atoms with Gasteiger partial charge in [-0.25, -0.2) is 4.79 Å².